The van der Waals surface area contributed by atoms with Gasteiger partial charge in [0, 0.05) is 24.9 Å². The van der Waals surface area contributed by atoms with Gasteiger partial charge >= 0.3 is 0 Å². The van der Waals surface area contributed by atoms with Gasteiger partial charge in [0.2, 0.25) is 10.0 Å². The van der Waals surface area contributed by atoms with Gasteiger partial charge in [-0.15, -0.1) is 0 Å². The molecule has 0 radical (unpaired) electrons. The van der Waals surface area contributed by atoms with Crippen LogP contribution in [0.2, 0.25) is 0 Å². The third-order valence-corrected chi connectivity index (χ3v) is 5.99. The van der Waals surface area contributed by atoms with Crippen molar-refractivity contribution in [2.75, 3.05) is 25.5 Å². The smallest absolute Gasteiger partial charge is 0.243 e. The summed E-state index contributed by atoms with van der Waals surface area (Å²) in [4.78, 5) is 0.311. The minimum atomic E-state index is -3.47. The molecule has 1 unspecified atom stereocenters. The molecular formula is C15H22N2O3S. The predicted molar refractivity (Wildman–Crippen MR) is 81.4 cm³/mol. The van der Waals surface area contributed by atoms with Crippen LogP contribution in [0.1, 0.15) is 24.8 Å². The highest BCUT2D eigenvalue weighted by Gasteiger charge is 2.39. The van der Waals surface area contributed by atoms with Crippen LogP contribution in [-0.4, -0.2) is 38.5 Å². The van der Waals surface area contributed by atoms with Crippen LogP contribution < -0.4 is 5.73 Å². The average Bonchev–Trinajstić information content (AvgIpc) is 3.11. The Morgan fingerprint density at radius 1 is 1.29 bits per heavy atom. The van der Waals surface area contributed by atoms with Gasteiger partial charge in [0.25, 0.3) is 0 Å². The first-order chi connectivity index (χ1) is 9.96. The molecule has 5 nitrogen and oxygen atoms in total. The molecular weight excluding hydrogens is 288 g/mol. The normalized spacial score (nSPS) is 22.9. The molecule has 1 aliphatic carbocycles. The first-order valence-electron chi connectivity index (χ1n) is 7.43. The van der Waals surface area contributed by atoms with Crippen LogP contribution in [0.25, 0.3) is 0 Å². The average molecular weight is 310 g/mol. The number of sulfonamides is 1. The molecule has 2 N–H and O–H groups in total. The molecule has 116 valence electrons. The Kier molecular flexibility index (Phi) is 3.94. The molecule has 1 atom stereocenters. The molecule has 2 fully saturated rings. The molecule has 0 amide bonds. The van der Waals surface area contributed by atoms with Gasteiger partial charge in [-0.25, -0.2) is 8.42 Å². The van der Waals surface area contributed by atoms with Crippen LogP contribution in [-0.2, 0) is 14.8 Å². The van der Waals surface area contributed by atoms with Crippen molar-refractivity contribution < 1.29 is 13.2 Å². The van der Waals surface area contributed by atoms with E-state index in [1.165, 1.54) is 0 Å². The van der Waals surface area contributed by atoms with Crippen LogP contribution in [0.4, 0.5) is 5.69 Å². The van der Waals surface area contributed by atoms with Gasteiger partial charge in [-0.1, -0.05) is 0 Å². The molecule has 1 aromatic carbocycles. The van der Waals surface area contributed by atoms with E-state index < -0.39 is 10.0 Å². The van der Waals surface area contributed by atoms with E-state index >= 15 is 0 Å². The highest BCUT2D eigenvalue weighted by Crippen LogP contribution is 2.34. The van der Waals surface area contributed by atoms with Crippen molar-refractivity contribution in [3.05, 3.63) is 23.8 Å². The summed E-state index contributed by atoms with van der Waals surface area (Å²) in [6.45, 7) is 3.82. The van der Waals surface area contributed by atoms with Crippen LogP contribution in [0.3, 0.4) is 0 Å². The molecule has 1 aromatic rings. The SMILES string of the molecule is Cc1cc(N)cc(S(=O)(=O)N(CC2CCOC2)C2CC2)c1. The van der Waals surface area contributed by atoms with Crippen molar-refractivity contribution >= 4 is 15.7 Å². The molecule has 21 heavy (non-hydrogen) atoms. The Balaban J connectivity index is 1.89. The summed E-state index contributed by atoms with van der Waals surface area (Å²) in [7, 11) is -3.47. The quantitative estimate of drug-likeness (QED) is 0.841. The van der Waals surface area contributed by atoms with Crippen molar-refractivity contribution in [1.82, 2.24) is 4.31 Å². The summed E-state index contributed by atoms with van der Waals surface area (Å²) in [6, 6.07) is 5.19. The number of nitrogens with two attached hydrogens (primary N) is 1. The van der Waals surface area contributed by atoms with Gasteiger partial charge in [0.15, 0.2) is 0 Å². The second kappa shape index (κ2) is 5.59. The van der Waals surface area contributed by atoms with Crippen molar-refractivity contribution in [3.8, 4) is 0 Å². The lowest BCUT2D eigenvalue weighted by molar-refractivity contribution is 0.180. The van der Waals surface area contributed by atoms with Crippen molar-refractivity contribution in [3.63, 3.8) is 0 Å². The molecule has 2 aliphatic rings. The van der Waals surface area contributed by atoms with Crippen LogP contribution in [0, 0.1) is 12.8 Å². The number of hydrogen-bond acceptors (Lipinski definition) is 4. The standard InChI is InChI=1S/C15H22N2O3S/c1-11-6-13(16)8-15(7-11)21(18,19)17(14-2-3-14)9-12-4-5-20-10-12/h6-8,12,14H,2-5,9-10,16H2,1H3. The van der Waals surface area contributed by atoms with E-state index in [1.54, 1.807) is 22.5 Å². The molecule has 1 aliphatic heterocycles. The second-order valence-electron chi connectivity index (χ2n) is 6.11. The first-order valence-corrected chi connectivity index (χ1v) is 8.87. The molecule has 1 saturated carbocycles. The third-order valence-electron chi connectivity index (χ3n) is 4.10. The van der Waals surface area contributed by atoms with E-state index in [0.717, 1.165) is 31.4 Å². The summed E-state index contributed by atoms with van der Waals surface area (Å²) in [5.74, 6) is 0.308. The largest absolute Gasteiger partial charge is 0.399 e. The second-order valence-corrected chi connectivity index (χ2v) is 8.01. The van der Waals surface area contributed by atoms with Crippen LogP contribution in [0.15, 0.2) is 23.1 Å². The Morgan fingerprint density at radius 2 is 2.05 bits per heavy atom. The van der Waals surface area contributed by atoms with E-state index in [4.69, 9.17) is 10.5 Å². The lowest BCUT2D eigenvalue weighted by Gasteiger charge is -2.24. The summed E-state index contributed by atoms with van der Waals surface area (Å²) >= 11 is 0. The minimum Gasteiger partial charge on any atom is -0.399 e. The van der Waals surface area contributed by atoms with Gasteiger partial charge < -0.3 is 10.5 Å². The molecule has 0 aromatic heterocycles. The molecule has 3 rings (SSSR count). The minimum absolute atomic E-state index is 0.150. The van der Waals surface area contributed by atoms with Gasteiger partial charge in [0.05, 0.1) is 11.5 Å². The zero-order valence-electron chi connectivity index (χ0n) is 12.3. The predicted octanol–water partition coefficient (Wildman–Crippen LogP) is 1.77. The van der Waals surface area contributed by atoms with Gasteiger partial charge in [-0.3, -0.25) is 0 Å². The highest BCUT2D eigenvalue weighted by molar-refractivity contribution is 7.89. The number of nitrogen functional groups attached to an aromatic ring is 1. The van der Waals surface area contributed by atoms with E-state index in [0.29, 0.717) is 29.7 Å². The van der Waals surface area contributed by atoms with E-state index in [1.807, 2.05) is 6.92 Å². The fourth-order valence-corrected chi connectivity index (χ4v) is 4.75. The van der Waals surface area contributed by atoms with Crippen LogP contribution in [0.5, 0.6) is 0 Å². The number of hydrogen-bond donors (Lipinski definition) is 1. The number of benzene rings is 1. The van der Waals surface area contributed by atoms with E-state index in [-0.39, 0.29) is 6.04 Å². The summed E-state index contributed by atoms with van der Waals surface area (Å²) in [5.41, 5.74) is 7.17. The fourth-order valence-electron chi connectivity index (χ4n) is 2.85. The topological polar surface area (TPSA) is 72.6 Å². The number of ether oxygens (including phenoxy) is 1. The Bertz CT molecular complexity index is 600. The van der Waals surface area contributed by atoms with Gasteiger partial charge in [-0.2, -0.15) is 4.31 Å². The molecule has 6 heteroatoms. The zero-order chi connectivity index (χ0) is 15.0. The summed E-state index contributed by atoms with van der Waals surface area (Å²) in [5, 5.41) is 0. The number of rotatable bonds is 5. The van der Waals surface area contributed by atoms with Gasteiger partial charge in [0.1, 0.15) is 0 Å². The number of nitrogens with zero attached hydrogens (tertiary/aromatic N) is 1. The summed E-state index contributed by atoms with van der Waals surface area (Å²) < 4.78 is 32.9. The lowest BCUT2D eigenvalue weighted by atomic mass is 10.1. The number of aryl methyl sites for hydroxylation is 1. The van der Waals surface area contributed by atoms with Crippen molar-refractivity contribution in [2.24, 2.45) is 5.92 Å². The number of anilines is 1. The highest BCUT2D eigenvalue weighted by atomic mass is 32.2. The molecule has 1 saturated heterocycles. The Labute approximate surface area is 126 Å². The maximum absolute atomic E-state index is 12.9. The molecule has 1 heterocycles. The fraction of sp³-hybridized carbons (Fsp3) is 0.600. The Hall–Kier alpha value is -1.11. The maximum atomic E-state index is 12.9. The first kappa shape index (κ1) is 14.8. The molecule has 0 spiro atoms. The van der Waals surface area contributed by atoms with Crippen LogP contribution >= 0.6 is 0 Å². The van der Waals surface area contributed by atoms with E-state index in [2.05, 4.69) is 0 Å². The zero-order valence-corrected chi connectivity index (χ0v) is 13.1. The lowest BCUT2D eigenvalue weighted by Crippen LogP contribution is -2.37. The maximum Gasteiger partial charge on any atom is 0.243 e. The molecule has 0 bridgehead atoms. The monoisotopic (exact) mass is 310 g/mol. The van der Waals surface area contributed by atoms with Crippen molar-refractivity contribution in [1.29, 1.82) is 0 Å². The Morgan fingerprint density at radius 3 is 2.62 bits per heavy atom. The van der Waals surface area contributed by atoms with E-state index in [9.17, 15) is 8.42 Å². The van der Waals surface area contributed by atoms with Gasteiger partial charge in [-0.05, 0) is 55.9 Å². The summed E-state index contributed by atoms with van der Waals surface area (Å²) in [6.07, 6.45) is 2.84. The third kappa shape index (κ3) is 3.22. The van der Waals surface area contributed by atoms with Crippen molar-refractivity contribution in [2.45, 2.75) is 37.1 Å².